The number of hydrogen-bond acceptors (Lipinski definition) is 5. The highest BCUT2D eigenvalue weighted by Gasteiger charge is 2.21. The molecule has 5 nitrogen and oxygen atoms in total. The fourth-order valence-corrected chi connectivity index (χ4v) is 2.83. The van der Waals surface area contributed by atoms with Crippen LogP contribution in [0.25, 0.3) is 11.1 Å². The van der Waals surface area contributed by atoms with Gasteiger partial charge in [0.05, 0.1) is 12.6 Å². The van der Waals surface area contributed by atoms with Crippen LogP contribution in [0.3, 0.4) is 0 Å². The molecule has 0 aliphatic carbocycles. The number of benzene rings is 1. The largest absolute Gasteiger partial charge is 0.439 e. The molecule has 1 aliphatic rings. The molecule has 0 bridgehead atoms. The second kappa shape index (κ2) is 6.45. The number of fused-ring (bicyclic) bond motifs is 1. The first-order chi connectivity index (χ1) is 10.2. The molecular weight excluding hydrogens is 266 g/mol. The fourth-order valence-electron chi connectivity index (χ4n) is 2.83. The Hall–Kier alpha value is -1.59. The summed E-state index contributed by atoms with van der Waals surface area (Å²) in [7, 11) is 0. The van der Waals surface area contributed by atoms with Crippen LogP contribution >= 0.6 is 0 Å². The molecule has 1 fully saturated rings. The number of anilines is 1. The van der Waals surface area contributed by atoms with Gasteiger partial charge in [-0.1, -0.05) is 6.92 Å². The van der Waals surface area contributed by atoms with E-state index in [1.807, 2.05) is 18.2 Å². The van der Waals surface area contributed by atoms with Crippen molar-refractivity contribution in [2.75, 3.05) is 25.4 Å². The molecule has 114 valence electrons. The van der Waals surface area contributed by atoms with Crippen LogP contribution < -0.4 is 5.73 Å². The van der Waals surface area contributed by atoms with E-state index < -0.39 is 0 Å². The third-order valence-electron chi connectivity index (χ3n) is 3.83. The fraction of sp³-hybridized carbons (Fsp3) is 0.562. The zero-order valence-electron chi connectivity index (χ0n) is 12.5. The van der Waals surface area contributed by atoms with Crippen LogP contribution in [0.5, 0.6) is 0 Å². The first-order valence-electron chi connectivity index (χ1n) is 7.73. The van der Waals surface area contributed by atoms with Gasteiger partial charge in [-0.3, -0.25) is 4.90 Å². The summed E-state index contributed by atoms with van der Waals surface area (Å²) in [5, 5.41) is 0. The molecule has 2 aromatic rings. The Kier molecular flexibility index (Phi) is 4.41. The molecule has 21 heavy (non-hydrogen) atoms. The summed E-state index contributed by atoms with van der Waals surface area (Å²) >= 11 is 0. The van der Waals surface area contributed by atoms with Crippen molar-refractivity contribution in [2.24, 2.45) is 0 Å². The minimum atomic E-state index is 0.346. The summed E-state index contributed by atoms with van der Waals surface area (Å²) in [4.78, 5) is 6.88. The third kappa shape index (κ3) is 3.54. The maximum Gasteiger partial charge on any atom is 0.209 e. The molecule has 1 saturated heterocycles. The van der Waals surface area contributed by atoms with Gasteiger partial charge >= 0.3 is 0 Å². The standard InChI is InChI=1S/C16H23N3O2/c1-2-8-20-13-4-3-7-19(10-13)11-16-18-14-9-12(17)5-6-15(14)21-16/h5-6,9,13H,2-4,7-8,10-11,17H2,1H3. The lowest BCUT2D eigenvalue weighted by Crippen LogP contribution is -2.39. The highest BCUT2D eigenvalue weighted by Crippen LogP contribution is 2.21. The van der Waals surface area contributed by atoms with Gasteiger partial charge in [-0.05, 0) is 44.0 Å². The van der Waals surface area contributed by atoms with Gasteiger partial charge in [0.1, 0.15) is 5.52 Å². The van der Waals surface area contributed by atoms with Crippen molar-refractivity contribution < 1.29 is 9.15 Å². The summed E-state index contributed by atoms with van der Waals surface area (Å²) in [5.41, 5.74) is 8.12. The predicted molar refractivity (Wildman–Crippen MR) is 83.0 cm³/mol. The average molecular weight is 289 g/mol. The Morgan fingerprint density at radius 2 is 2.38 bits per heavy atom. The summed E-state index contributed by atoms with van der Waals surface area (Å²) in [6.45, 7) is 5.76. The topological polar surface area (TPSA) is 64.5 Å². The number of nitrogens with zero attached hydrogens (tertiary/aromatic N) is 2. The zero-order valence-corrected chi connectivity index (χ0v) is 12.5. The van der Waals surface area contributed by atoms with E-state index in [1.165, 1.54) is 6.42 Å². The van der Waals surface area contributed by atoms with Gasteiger partial charge in [0.2, 0.25) is 5.89 Å². The molecule has 1 aliphatic heterocycles. The van der Waals surface area contributed by atoms with E-state index in [4.69, 9.17) is 14.9 Å². The average Bonchev–Trinajstić information content (AvgIpc) is 2.86. The number of hydrogen-bond donors (Lipinski definition) is 1. The Labute approximate surface area is 125 Å². The molecule has 0 saturated carbocycles. The molecule has 1 unspecified atom stereocenters. The van der Waals surface area contributed by atoms with Crippen LogP contribution in [-0.4, -0.2) is 35.7 Å². The van der Waals surface area contributed by atoms with Crippen molar-refractivity contribution in [2.45, 2.75) is 38.8 Å². The summed E-state index contributed by atoms with van der Waals surface area (Å²) in [6.07, 6.45) is 3.74. The van der Waals surface area contributed by atoms with Crippen LogP contribution in [-0.2, 0) is 11.3 Å². The van der Waals surface area contributed by atoms with Crippen LogP contribution in [0.4, 0.5) is 5.69 Å². The van der Waals surface area contributed by atoms with Crippen LogP contribution in [0, 0.1) is 0 Å². The maximum atomic E-state index is 5.87. The van der Waals surface area contributed by atoms with Crippen LogP contribution in [0.2, 0.25) is 0 Å². The molecule has 0 spiro atoms. The summed E-state index contributed by atoms with van der Waals surface area (Å²) in [6, 6.07) is 5.57. The van der Waals surface area contributed by atoms with Crippen molar-refractivity contribution in [1.82, 2.24) is 9.88 Å². The van der Waals surface area contributed by atoms with Gasteiger partial charge in [-0.15, -0.1) is 0 Å². The lowest BCUT2D eigenvalue weighted by Gasteiger charge is -2.31. The quantitative estimate of drug-likeness (QED) is 0.857. The molecule has 1 aromatic carbocycles. The normalized spacial score (nSPS) is 20.1. The minimum Gasteiger partial charge on any atom is -0.439 e. The van der Waals surface area contributed by atoms with E-state index in [1.54, 1.807) is 0 Å². The van der Waals surface area contributed by atoms with Gasteiger partial charge in [0.25, 0.3) is 0 Å². The van der Waals surface area contributed by atoms with Crippen molar-refractivity contribution in [1.29, 1.82) is 0 Å². The molecule has 1 atom stereocenters. The second-order valence-corrected chi connectivity index (χ2v) is 5.70. The van der Waals surface area contributed by atoms with Gasteiger partial charge in [-0.25, -0.2) is 4.98 Å². The number of oxazole rings is 1. The molecule has 1 aromatic heterocycles. The molecule has 2 heterocycles. The maximum absolute atomic E-state index is 5.87. The van der Waals surface area contributed by atoms with E-state index >= 15 is 0 Å². The number of aromatic nitrogens is 1. The number of nitrogens with two attached hydrogens (primary N) is 1. The van der Waals surface area contributed by atoms with Gasteiger partial charge in [-0.2, -0.15) is 0 Å². The first kappa shape index (κ1) is 14.4. The van der Waals surface area contributed by atoms with Gasteiger partial charge in [0.15, 0.2) is 5.58 Å². The van der Waals surface area contributed by atoms with Crippen molar-refractivity contribution >= 4 is 16.8 Å². The highest BCUT2D eigenvalue weighted by atomic mass is 16.5. The van der Waals surface area contributed by atoms with E-state index in [0.717, 1.165) is 56.1 Å². The third-order valence-corrected chi connectivity index (χ3v) is 3.83. The number of ether oxygens (including phenoxy) is 1. The Bertz CT molecular complexity index is 596. The molecule has 0 radical (unpaired) electrons. The van der Waals surface area contributed by atoms with Crippen molar-refractivity contribution in [3.05, 3.63) is 24.1 Å². The van der Waals surface area contributed by atoms with Gasteiger partial charge in [0, 0.05) is 18.8 Å². The van der Waals surface area contributed by atoms with Crippen LogP contribution in [0.15, 0.2) is 22.6 Å². The molecule has 5 heteroatoms. The zero-order chi connectivity index (χ0) is 14.7. The Balaban J connectivity index is 1.64. The van der Waals surface area contributed by atoms with E-state index in [0.29, 0.717) is 11.8 Å². The number of likely N-dealkylation sites (tertiary alicyclic amines) is 1. The number of nitrogen functional groups attached to an aromatic ring is 1. The van der Waals surface area contributed by atoms with E-state index in [9.17, 15) is 0 Å². The SMILES string of the molecule is CCCOC1CCCN(Cc2nc3cc(N)ccc3o2)C1. The number of rotatable bonds is 5. The molecular formula is C16H23N3O2. The smallest absolute Gasteiger partial charge is 0.209 e. The first-order valence-corrected chi connectivity index (χ1v) is 7.73. The monoisotopic (exact) mass is 289 g/mol. The Morgan fingerprint density at radius 1 is 1.48 bits per heavy atom. The lowest BCUT2D eigenvalue weighted by atomic mass is 10.1. The lowest BCUT2D eigenvalue weighted by molar-refractivity contribution is -0.00402. The second-order valence-electron chi connectivity index (χ2n) is 5.70. The molecule has 0 amide bonds. The minimum absolute atomic E-state index is 0.346. The summed E-state index contributed by atoms with van der Waals surface area (Å²) < 4.78 is 11.7. The highest BCUT2D eigenvalue weighted by molar-refractivity contribution is 5.76. The number of piperidine rings is 1. The van der Waals surface area contributed by atoms with E-state index in [-0.39, 0.29) is 0 Å². The van der Waals surface area contributed by atoms with Crippen molar-refractivity contribution in [3.8, 4) is 0 Å². The van der Waals surface area contributed by atoms with Crippen molar-refractivity contribution in [3.63, 3.8) is 0 Å². The Morgan fingerprint density at radius 3 is 3.24 bits per heavy atom. The van der Waals surface area contributed by atoms with E-state index in [2.05, 4.69) is 16.8 Å². The van der Waals surface area contributed by atoms with Gasteiger partial charge < -0.3 is 14.9 Å². The predicted octanol–water partition coefficient (Wildman–Crippen LogP) is 2.80. The molecule has 3 rings (SSSR count). The summed E-state index contributed by atoms with van der Waals surface area (Å²) in [5.74, 6) is 0.756. The van der Waals surface area contributed by atoms with Crippen LogP contribution in [0.1, 0.15) is 32.1 Å². The molecule has 2 N–H and O–H groups in total.